The molecule has 27 heavy (non-hydrogen) atoms. The van der Waals surface area contributed by atoms with Gasteiger partial charge < -0.3 is 4.90 Å². The molecular weight excluding hydrogens is 338 g/mol. The third-order valence-electron chi connectivity index (χ3n) is 6.00. The number of hydrogen-bond donors (Lipinski definition) is 1. The summed E-state index contributed by atoms with van der Waals surface area (Å²) in [4.78, 5) is 17.4. The summed E-state index contributed by atoms with van der Waals surface area (Å²) < 4.78 is 0. The van der Waals surface area contributed by atoms with Crippen molar-refractivity contribution in [2.75, 3.05) is 26.2 Å². The Bertz CT molecular complexity index is 973. The normalized spacial score (nSPS) is 20.6. The molecule has 3 aromatic rings. The molecule has 0 radical (unpaired) electrons. The van der Waals surface area contributed by atoms with Gasteiger partial charge in [-0.05, 0) is 48.6 Å². The third-order valence-corrected chi connectivity index (χ3v) is 6.00. The molecule has 5 rings (SSSR count). The summed E-state index contributed by atoms with van der Waals surface area (Å²) in [7, 11) is 0. The molecule has 1 atom stereocenters. The van der Waals surface area contributed by atoms with Crippen LogP contribution < -0.4 is 0 Å². The minimum absolute atomic E-state index is 0.0912. The Hall–Kier alpha value is -2.73. The zero-order valence-electron chi connectivity index (χ0n) is 15.3. The molecule has 1 amide bonds. The fourth-order valence-corrected chi connectivity index (χ4v) is 4.44. The highest BCUT2D eigenvalue weighted by Gasteiger charge is 2.29. The van der Waals surface area contributed by atoms with Crippen LogP contribution in [0.15, 0.2) is 42.5 Å². The summed E-state index contributed by atoms with van der Waals surface area (Å²) in [5, 5.41) is 10.7. The van der Waals surface area contributed by atoms with Crippen molar-refractivity contribution in [2.24, 2.45) is 0 Å². The van der Waals surface area contributed by atoms with Crippen LogP contribution in [0.25, 0.3) is 11.0 Å². The lowest BCUT2D eigenvalue weighted by Gasteiger charge is -2.41. The standard InChI is InChI=1S/C21H23N5O/c27-21(17-6-8-19-20(14-17)23-24-22-19)26-11-9-25(10-12-26)18-7-5-15-3-1-2-4-16(15)13-18/h1-4,6,8,14,18H,5,7,9-13H2,(H,22,23,24). The van der Waals surface area contributed by atoms with Crippen molar-refractivity contribution in [3.05, 3.63) is 59.2 Å². The Morgan fingerprint density at radius 3 is 2.59 bits per heavy atom. The smallest absolute Gasteiger partial charge is 0.254 e. The number of rotatable bonds is 2. The number of aryl methyl sites for hydroxylation is 1. The largest absolute Gasteiger partial charge is 0.336 e. The SMILES string of the molecule is O=C(c1ccc2n[nH]nc2c1)N1CCN(C2CCc3ccccc3C2)CC1. The number of amides is 1. The van der Waals surface area contributed by atoms with Gasteiger partial charge in [0.25, 0.3) is 5.91 Å². The molecule has 1 N–H and O–H groups in total. The number of carbonyl (C=O) groups is 1. The molecule has 138 valence electrons. The Kier molecular flexibility index (Phi) is 4.13. The number of aromatic amines is 1. The highest BCUT2D eigenvalue weighted by Crippen LogP contribution is 2.25. The van der Waals surface area contributed by atoms with Crippen LogP contribution in [-0.4, -0.2) is 63.3 Å². The van der Waals surface area contributed by atoms with Gasteiger partial charge in [-0.3, -0.25) is 9.69 Å². The van der Waals surface area contributed by atoms with Gasteiger partial charge >= 0.3 is 0 Å². The topological polar surface area (TPSA) is 65.1 Å². The van der Waals surface area contributed by atoms with Crippen LogP contribution in [0.4, 0.5) is 0 Å². The van der Waals surface area contributed by atoms with Crippen molar-refractivity contribution < 1.29 is 4.79 Å². The second kappa shape index (κ2) is 6.78. The Morgan fingerprint density at radius 2 is 1.74 bits per heavy atom. The summed E-state index contributed by atoms with van der Waals surface area (Å²) in [6.45, 7) is 3.47. The van der Waals surface area contributed by atoms with Crippen LogP contribution in [0.5, 0.6) is 0 Å². The minimum atomic E-state index is 0.0912. The minimum Gasteiger partial charge on any atom is -0.336 e. The number of nitrogens with one attached hydrogen (secondary N) is 1. The van der Waals surface area contributed by atoms with Gasteiger partial charge in [0.2, 0.25) is 0 Å². The number of H-pyrrole nitrogens is 1. The van der Waals surface area contributed by atoms with E-state index in [1.165, 1.54) is 17.5 Å². The van der Waals surface area contributed by atoms with E-state index in [2.05, 4.69) is 44.6 Å². The molecule has 2 heterocycles. The molecule has 1 aromatic heterocycles. The molecule has 6 heteroatoms. The van der Waals surface area contributed by atoms with E-state index in [4.69, 9.17) is 0 Å². The Morgan fingerprint density at radius 1 is 0.963 bits per heavy atom. The molecule has 0 saturated carbocycles. The first-order chi connectivity index (χ1) is 13.3. The summed E-state index contributed by atoms with van der Waals surface area (Å²) >= 11 is 0. The summed E-state index contributed by atoms with van der Waals surface area (Å²) in [6.07, 6.45) is 3.51. The van der Waals surface area contributed by atoms with Gasteiger partial charge in [-0.2, -0.15) is 15.4 Å². The number of nitrogens with zero attached hydrogens (tertiary/aromatic N) is 4. The number of fused-ring (bicyclic) bond motifs is 2. The fraction of sp³-hybridized carbons (Fsp3) is 0.381. The van der Waals surface area contributed by atoms with E-state index in [1.54, 1.807) is 0 Å². The number of piperazine rings is 1. The van der Waals surface area contributed by atoms with Crippen LogP contribution >= 0.6 is 0 Å². The van der Waals surface area contributed by atoms with Crippen molar-refractivity contribution >= 4 is 16.9 Å². The van der Waals surface area contributed by atoms with Gasteiger partial charge in [0.1, 0.15) is 11.0 Å². The molecule has 2 aliphatic rings. The van der Waals surface area contributed by atoms with E-state index in [0.29, 0.717) is 11.6 Å². The molecule has 1 aliphatic heterocycles. The first kappa shape index (κ1) is 16.4. The van der Waals surface area contributed by atoms with Gasteiger partial charge in [0, 0.05) is 37.8 Å². The molecule has 1 aliphatic carbocycles. The molecule has 2 aromatic carbocycles. The number of benzene rings is 2. The highest BCUT2D eigenvalue weighted by atomic mass is 16.2. The summed E-state index contributed by atoms with van der Waals surface area (Å²) in [5.41, 5.74) is 5.21. The average Bonchev–Trinajstić information content (AvgIpc) is 3.21. The predicted octanol–water partition coefficient (Wildman–Crippen LogP) is 2.27. The van der Waals surface area contributed by atoms with Crippen molar-refractivity contribution in [3.63, 3.8) is 0 Å². The van der Waals surface area contributed by atoms with E-state index in [0.717, 1.165) is 50.1 Å². The maximum Gasteiger partial charge on any atom is 0.254 e. The van der Waals surface area contributed by atoms with E-state index < -0.39 is 0 Å². The van der Waals surface area contributed by atoms with Crippen molar-refractivity contribution in [1.82, 2.24) is 25.2 Å². The van der Waals surface area contributed by atoms with Gasteiger partial charge in [-0.1, -0.05) is 24.3 Å². The predicted molar refractivity (Wildman–Crippen MR) is 104 cm³/mol. The van der Waals surface area contributed by atoms with Crippen LogP contribution in [0.3, 0.4) is 0 Å². The highest BCUT2D eigenvalue weighted by molar-refractivity contribution is 5.97. The second-order valence-electron chi connectivity index (χ2n) is 7.52. The van der Waals surface area contributed by atoms with E-state index >= 15 is 0 Å². The third kappa shape index (κ3) is 3.10. The van der Waals surface area contributed by atoms with Crippen LogP contribution in [0, 0.1) is 0 Å². The van der Waals surface area contributed by atoms with E-state index in [1.807, 2.05) is 23.1 Å². The van der Waals surface area contributed by atoms with Gasteiger partial charge in [-0.25, -0.2) is 0 Å². The average molecular weight is 361 g/mol. The van der Waals surface area contributed by atoms with E-state index in [-0.39, 0.29) is 5.91 Å². The second-order valence-corrected chi connectivity index (χ2v) is 7.52. The maximum absolute atomic E-state index is 12.9. The van der Waals surface area contributed by atoms with Crippen LogP contribution in [-0.2, 0) is 12.8 Å². The quantitative estimate of drug-likeness (QED) is 0.760. The van der Waals surface area contributed by atoms with Gasteiger partial charge in [0.15, 0.2) is 0 Å². The van der Waals surface area contributed by atoms with Crippen molar-refractivity contribution in [3.8, 4) is 0 Å². The molecule has 0 bridgehead atoms. The zero-order chi connectivity index (χ0) is 18.2. The Labute approximate surface area is 158 Å². The summed E-state index contributed by atoms with van der Waals surface area (Å²) in [6, 6.07) is 14.9. The number of hydrogen-bond acceptors (Lipinski definition) is 4. The van der Waals surface area contributed by atoms with E-state index in [9.17, 15) is 4.79 Å². The molecule has 1 fully saturated rings. The monoisotopic (exact) mass is 361 g/mol. The number of aromatic nitrogens is 3. The maximum atomic E-state index is 12.9. The molecule has 1 unspecified atom stereocenters. The lowest BCUT2D eigenvalue weighted by atomic mass is 9.87. The molecule has 6 nitrogen and oxygen atoms in total. The van der Waals surface area contributed by atoms with Gasteiger partial charge in [-0.15, -0.1) is 0 Å². The number of carbonyl (C=O) groups excluding carboxylic acids is 1. The zero-order valence-corrected chi connectivity index (χ0v) is 15.3. The van der Waals surface area contributed by atoms with Crippen LogP contribution in [0.1, 0.15) is 27.9 Å². The summed E-state index contributed by atoms with van der Waals surface area (Å²) in [5.74, 6) is 0.0912. The van der Waals surface area contributed by atoms with Gasteiger partial charge in [0.05, 0.1) is 0 Å². The molecular formula is C21H23N5O. The van der Waals surface area contributed by atoms with Crippen LogP contribution in [0.2, 0.25) is 0 Å². The lowest BCUT2D eigenvalue weighted by Crippen LogP contribution is -2.53. The Balaban J connectivity index is 1.23. The lowest BCUT2D eigenvalue weighted by molar-refractivity contribution is 0.0553. The first-order valence-electron chi connectivity index (χ1n) is 9.68. The molecule has 1 saturated heterocycles. The molecule has 0 spiro atoms. The van der Waals surface area contributed by atoms with Crippen molar-refractivity contribution in [2.45, 2.75) is 25.3 Å². The first-order valence-corrected chi connectivity index (χ1v) is 9.68. The van der Waals surface area contributed by atoms with Crippen molar-refractivity contribution in [1.29, 1.82) is 0 Å². The fourth-order valence-electron chi connectivity index (χ4n) is 4.44.